The minimum absolute atomic E-state index is 0.239. The highest BCUT2D eigenvalue weighted by Gasteiger charge is 1.89. The molecule has 0 aliphatic carbocycles. The molecule has 0 bridgehead atoms. The molecule has 0 aliphatic heterocycles. The van der Waals surface area contributed by atoms with Crippen LogP contribution in [0.4, 0.5) is 0 Å². The van der Waals surface area contributed by atoms with E-state index in [2.05, 4.69) is 19.9 Å². The van der Waals surface area contributed by atoms with Crippen molar-refractivity contribution in [2.24, 2.45) is 0 Å². The maximum atomic E-state index is 8.81. The third-order valence-electron chi connectivity index (χ3n) is 1.90. The lowest BCUT2D eigenvalue weighted by molar-refractivity contribution is 0.327. The van der Waals surface area contributed by atoms with Gasteiger partial charge in [0.25, 0.3) is 0 Å². The minimum Gasteiger partial charge on any atom is -0.392 e. The van der Waals surface area contributed by atoms with Gasteiger partial charge in [-0.15, -0.1) is 0 Å². The van der Waals surface area contributed by atoms with Crippen LogP contribution in [-0.2, 0) is 0 Å². The predicted molar refractivity (Wildman–Crippen MR) is 49.6 cm³/mol. The first-order valence-electron chi connectivity index (χ1n) is 4.63. The van der Waals surface area contributed by atoms with Crippen molar-refractivity contribution in [1.82, 2.24) is 0 Å². The summed E-state index contributed by atoms with van der Waals surface area (Å²) in [6, 6.07) is 0. The monoisotopic (exact) mass is 156 g/mol. The Morgan fingerprint density at radius 2 is 2.00 bits per heavy atom. The molecule has 0 fully saturated rings. The zero-order chi connectivity index (χ0) is 8.53. The van der Waals surface area contributed by atoms with E-state index in [1.54, 1.807) is 0 Å². The lowest BCUT2D eigenvalue weighted by Crippen LogP contribution is -1.87. The summed E-state index contributed by atoms with van der Waals surface area (Å²) in [6.07, 6.45) is 8.14. The Morgan fingerprint density at radius 3 is 2.45 bits per heavy atom. The van der Waals surface area contributed by atoms with Crippen LogP contribution in [0.2, 0.25) is 0 Å². The van der Waals surface area contributed by atoms with Gasteiger partial charge >= 0.3 is 0 Å². The maximum absolute atomic E-state index is 8.81. The molecule has 0 atom stereocenters. The van der Waals surface area contributed by atoms with Gasteiger partial charge in [-0.2, -0.15) is 0 Å². The van der Waals surface area contributed by atoms with Crippen LogP contribution >= 0.6 is 0 Å². The van der Waals surface area contributed by atoms with Gasteiger partial charge in [0.05, 0.1) is 6.61 Å². The third kappa shape index (κ3) is 6.11. The Kier molecular flexibility index (Phi) is 7.59. The van der Waals surface area contributed by atoms with Gasteiger partial charge in [0.2, 0.25) is 0 Å². The van der Waals surface area contributed by atoms with Crippen molar-refractivity contribution in [3.8, 4) is 0 Å². The van der Waals surface area contributed by atoms with Crippen LogP contribution in [0.15, 0.2) is 11.6 Å². The highest BCUT2D eigenvalue weighted by atomic mass is 16.3. The fourth-order valence-corrected chi connectivity index (χ4v) is 1.02. The van der Waals surface area contributed by atoms with E-state index in [0.717, 1.165) is 12.8 Å². The molecule has 0 radical (unpaired) electrons. The summed E-state index contributed by atoms with van der Waals surface area (Å²) in [7, 11) is 0. The van der Waals surface area contributed by atoms with Crippen molar-refractivity contribution in [1.29, 1.82) is 0 Å². The second kappa shape index (κ2) is 7.80. The summed E-state index contributed by atoms with van der Waals surface area (Å²) in [5, 5.41) is 8.81. The van der Waals surface area contributed by atoms with Crippen LogP contribution in [-0.4, -0.2) is 11.7 Å². The molecule has 0 aliphatic rings. The van der Waals surface area contributed by atoms with Crippen molar-refractivity contribution in [2.75, 3.05) is 6.61 Å². The van der Waals surface area contributed by atoms with Gasteiger partial charge in [0.1, 0.15) is 0 Å². The van der Waals surface area contributed by atoms with E-state index in [1.165, 1.54) is 24.8 Å². The first-order valence-corrected chi connectivity index (χ1v) is 4.63. The molecule has 0 rings (SSSR count). The second-order valence-corrected chi connectivity index (χ2v) is 2.87. The van der Waals surface area contributed by atoms with Gasteiger partial charge in [0.15, 0.2) is 0 Å². The van der Waals surface area contributed by atoms with Crippen molar-refractivity contribution >= 4 is 0 Å². The number of hydrogen-bond acceptors (Lipinski definition) is 1. The molecule has 0 aromatic heterocycles. The fourth-order valence-electron chi connectivity index (χ4n) is 1.02. The van der Waals surface area contributed by atoms with E-state index < -0.39 is 0 Å². The summed E-state index contributed by atoms with van der Waals surface area (Å²) >= 11 is 0. The quantitative estimate of drug-likeness (QED) is 0.463. The molecule has 0 spiro atoms. The zero-order valence-corrected chi connectivity index (χ0v) is 7.77. The first kappa shape index (κ1) is 10.7. The highest BCUT2D eigenvalue weighted by Crippen LogP contribution is 2.05. The third-order valence-corrected chi connectivity index (χ3v) is 1.90. The minimum atomic E-state index is 0.239. The summed E-state index contributed by atoms with van der Waals surface area (Å²) in [5.74, 6) is 0. The zero-order valence-electron chi connectivity index (χ0n) is 7.77. The van der Waals surface area contributed by atoms with Crippen molar-refractivity contribution < 1.29 is 5.11 Å². The van der Waals surface area contributed by atoms with Crippen molar-refractivity contribution in [3.63, 3.8) is 0 Å². The second-order valence-electron chi connectivity index (χ2n) is 2.87. The van der Waals surface area contributed by atoms with Crippen molar-refractivity contribution in [2.45, 2.75) is 46.0 Å². The topological polar surface area (TPSA) is 20.2 Å². The molecule has 1 N–H and O–H groups in total. The van der Waals surface area contributed by atoms with Gasteiger partial charge in [-0.3, -0.25) is 0 Å². The molecule has 0 saturated carbocycles. The summed E-state index contributed by atoms with van der Waals surface area (Å²) in [4.78, 5) is 0. The van der Waals surface area contributed by atoms with Gasteiger partial charge in [-0.25, -0.2) is 0 Å². The van der Waals surface area contributed by atoms with Crippen molar-refractivity contribution in [3.05, 3.63) is 11.6 Å². The molecule has 0 aromatic carbocycles. The molecule has 0 aromatic rings. The molecule has 1 nitrogen and oxygen atoms in total. The lowest BCUT2D eigenvalue weighted by atomic mass is 10.1. The molecule has 0 saturated heterocycles. The molecule has 1 heteroatoms. The van der Waals surface area contributed by atoms with Gasteiger partial charge in [-0.1, -0.05) is 32.8 Å². The largest absolute Gasteiger partial charge is 0.392 e. The Hall–Kier alpha value is -0.300. The van der Waals surface area contributed by atoms with Crippen LogP contribution in [0.5, 0.6) is 0 Å². The molecule has 11 heavy (non-hydrogen) atoms. The predicted octanol–water partition coefficient (Wildman–Crippen LogP) is 2.90. The average Bonchev–Trinajstić information content (AvgIpc) is 2.05. The summed E-state index contributed by atoms with van der Waals surface area (Å²) in [6.45, 7) is 4.53. The van der Waals surface area contributed by atoms with Crippen LogP contribution in [0.3, 0.4) is 0 Å². The number of hydrogen-bond donors (Lipinski definition) is 1. The molecule has 0 heterocycles. The average molecular weight is 156 g/mol. The number of aliphatic hydroxyl groups is 1. The first-order chi connectivity index (χ1) is 5.35. The fraction of sp³-hybridized carbons (Fsp3) is 0.800. The lowest BCUT2D eigenvalue weighted by Gasteiger charge is -1.98. The van der Waals surface area contributed by atoms with E-state index in [9.17, 15) is 0 Å². The Morgan fingerprint density at radius 1 is 1.27 bits per heavy atom. The SMILES string of the molecule is CCCCCC=C(CC)CO. The molecule has 0 unspecified atom stereocenters. The van der Waals surface area contributed by atoms with E-state index in [0.29, 0.717) is 0 Å². The molecular weight excluding hydrogens is 136 g/mol. The number of rotatable bonds is 6. The van der Waals surface area contributed by atoms with E-state index >= 15 is 0 Å². The Balaban J connectivity index is 3.37. The molecule has 0 amide bonds. The number of aliphatic hydroxyl groups excluding tert-OH is 1. The molecular formula is C10H20O. The summed E-state index contributed by atoms with van der Waals surface area (Å²) in [5.41, 5.74) is 1.18. The number of unbranched alkanes of at least 4 members (excludes halogenated alkanes) is 3. The van der Waals surface area contributed by atoms with E-state index in [4.69, 9.17) is 5.11 Å². The van der Waals surface area contributed by atoms with Crippen LogP contribution in [0.1, 0.15) is 46.0 Å². The maximum Gasteiger partial charge on any atom is 0.0641 e. The Labute approximate surface area is 70.1 Å². The van der Waals surface area contributed by atoms with Gasteiger partial charge in [0, 0.05) is 0 Å². The summed E-state index contributed by atoms with van der Waals surface area (Å²) < 4.78 is 0. The number of allylic oxidation sites excluding steroid dienone is 1. The standard InChI is InChI=1S/C10H20O/c1-3-5-6-7-8-10(4-2)9-11/h8,11H,3-7,9H2,1-2H3. The van der Waals surface area contributed by atoms with Crippen LogP contribution in [0.25, 0.3) is 0 Å². The van der Waals surface area contributed by atoms with Crippen LogP contribution in [0, 0.1) is 0 Å². The highest BCUT2D eigenvalue weighted by molar-refractivity contribution is 5.00. The van der Waals surface area contributed by atoms with Gasteiger partial charge in [-0.05, 0) is 24.8 Å². The van der Waals surface area contributed by atoms with Crippen LogP contribution < -0.4 is 0 Å². The smallest absolute Gasteiger partial charge is 0.0641 e. The van der Waals surface area contributed by atoms with E-state index in [1.807, 2.05) is 0 Å². The van der Waals surface area contributed by atoms with E-state index in [-0.39, 0.29) is 6.61 Å². The molecule has 66 valence electrons. The van der Waals surface area contributed by atoms with Gasteiger partial charge < -0.3 is 5.11 Å². The Bertz CT molecular complexity index is 99.4. The normalized spacial score (nSPS) is 12.1.